The zero-order chi connectivity index (χ0) is 19.4. The highest BCUT2D eigenvalue weighted by Crippen LogP contribution is 2.41. The quantitative estimate of drug-likeness (QED) is 0.265. The number of hydrogen-bond acceptors (Lipinski definition) is 5. The van der Waals surface area contributed by atoms with E-state index in [2.05, 4.69) is 40.5 Å². The molecule has 6 nitrogen and oxygen atoms in total. The number of aryl methyl sites for hydroxylation is 2. The largest absolute Gasteiger partial charge is 0.488 e. The number of aliphatic imine (C=N–C) groups is 1. The summed E-state index contributed by atoms with van der Waals surface area (Å²) < 4.78 is 12.0. The molecule has 2 aromatic rings. The molecule has 0 saturated carbocycles. The number of ether oxygens (including phenoxy) is 2. The summed E-state index contributed by atoms with van der Waals surface area (Å²) in [5.74, 6) is 2.43. The first-order valence-corrected chi connectivity index (χ1v) is 10.0. The summed E-state index contributed by atoms with van der Waals surface area (Å²) in [6.45, 7) is 10.1. The maximum absolute atomic E-state index is 6.04. The average Bonchev–Trinajstić information content (AvgIpc) is 3.11. The summed E-state index contributed by atoms with van der Waals surface area (Å²) in [6, 6.07) is 6.08. The van der Waals surface area contributed by atoms with Crippen molar-refractivity contribution in [1.82, 2.24) is 15.6 Å². The predicted molar refractivity (Wildman–Crippen MR) is 126 cm³/mol. The van der Waals surface area contributed by atoms with Gasteiger partial charge in [-0.15, -0.1) is 35.3 Å². The highest BCUT2D eigenvalue weighted by Gasteiger charge is 2.32. The fourth-order valence-electron chi connectivity index (χ4n) is 3.15. The van der Waals surface area contributed by atoms with E-state index >= 15 is 0 Å². The van der Waals surface area contributed by atoms with E-state index in [1.54, 1.807) is 18.4 Å². The lowest BCUT2D eigenvalue weighted by atomic mass is 10.0. The monoisotopic (exact) mass is 516 g/mol. The molecule has 8 heteroatoms. The number of halogens is 1. The first kappa shape index (κ1) is 22.7. The maximum Gasteiger partial charge on any atom is 0.191 e. The van der Waals surface area contributed by atoms with Crippen LogP contribution in [0.4, 0.5) is 0 Å². The SMILES string of the molecule is CN=C(NCCOc1cccc2c1OC(C)(C)C2)NCc1sc(C)nc1C.I. The minimum Gasteiger partial charge on any atom is -0.488 e. The van der Waals surface area contributed by atoms with Gasteiger partial charge in [0.25, 0.3) is 0 Å². The van der Waals surface area contributed by atoms with Gasteiger partial charge in [-0.1, -0.05) is 12.1 Å². The van der Waals surface area contributed by atoms with Crippen molar-refractivity contribution >= 4 is 41.3 Å². The lowest BCUT2D eigenvalue weighted by Gasteiger charge is -2.18. The lowest BCUT2D eigenvalue weighted by molar-refractivity contribution is 0.132. The van der Waals surface area contributed by atoms with Crippen molar-refractivity contribution in [2.75, 3.05) is 20.2 Å². The molecule has 2 heterocycles. The zero-order valence-electron chi connectivity index (χ0n) is 17.1. The minimum atomic E-state index is -0.168. The third-order valence-corrected chi connectivity index (χ3v) is 5.42. The van der Waals surface area contributed by atoms with Crippen molar-refractivity contribution in [2.45, 2.75) is 46.3 Å². The van der Waals surface area contributed by atoms with Crippen LogP contribution in [0.3, 0.4) is 0 Å². The topological polar surface area (TPSA) is 67.8 Å². The van der Waals surface area contributed by atoms with Crippen molar-refractivity contribution in [1.29, 1.82) is 0 Å². The minimum absolute atomic E-state index is 0. The number of hydrogen-bond donors (Lipinski definition) is 2. The van der Waals surface area contributed by atoms with Crippen LogP contribution in [0, 0.1) is 13.8 Å². The summed E-state index contributed by atoms with van der Waals surface area (Å²) in [6.07, 6.45) is 0.908. The van der Waals surface area contributed by atoms with E-state index in [4.69, 9.17) is 9.47 Å². The third kappa shape index (κ3) is 5.73. The van der Waals surface area contributed by atoms with Gasteiger partial charge in [0.2, 0.25) is 0 Å². The van der Waals surface area contributed by atoms with E-state index in [9.17, 15) is 0 Å². The second-order valence-corrected chi connectivity index (χ2v) is 8.51. The predicted octanol–water partition coefficient (Wildman–Crippen LogP) is 3.84. The molecule has 0 fully saturated rings. The number of nitrogens with zero attached hydrogens (tertiary/aromatic N) is 2. The fourth-order valence-corrected chi connectivity index (χ4v) is 4.03. The van der Waals surface area contributed by atoms with Crippen LogP contribution in [0.1, 0.15) is 35.0 Å². The van der Waals surface area contributed by atoms with Crippen LogP contribution in [0.25, 0.3) is 0 Å². The highest BCUT2D eigenvalue weighted by atomic mass is 127. The Morgan fingerprint density at radius 2 is 2.11 bits per heavy atom. The Morgan fingerprint density at radius 1 is 1.32 bits per heavy atom. The maximum atomic E-state index is 6.04. The molecule has 154 valence electrons. The lowest BCUT2D eigenvalue weighted by Crippen LogP contribution is -2.38. The Bertz CT molecular complexity index is 836. The standard InChI is InChI=1S/C20H28N4O2S.HI/c1-13-17(27-14(2)24-13)12-23-19(21-5)22-9-10-25-16-8-6-7-15-11-20(3,4)26-18(15)16;/h6-8H,9-12H2,1-5H3,(H2,21,22,23);1H. The van der Waals surface area contributed by atoms with Gasteiger partial charge in [-0.05, 0) is 33.8 Å². The number of thiazole rings is 1. The van der Waals surface area contributed by atoms with Crippen molar-refractivity contribution in [2.24, 2.45) is 4.99 Å². The molecule has 28 heavy (non-hydrogen) atoms. The summed E-state index contributed by atoms with van der Waals surface area (Å²) in [5, 5.41) is 7.68. The Balaban J connectivity index is 0.00000280. The molecule has 2 N–H and O–H groups in total. The van der Waals surface area contributed by atoms with Gasteiger partial charge >= 0.3 is 0 Å². The molecule has 1 aromatic heterocycles. The fraction of sp³-hybridized carbons (Fsp3) is 0.500. The molecule has 0 saturated heterocycles. The van der Waals surface area contributed by atoms with Crippen LogP contribution >= 0.6 is 35.3 Å². The van der Waals surface area contributed by atoms with E-state index in [1.807, 2.05) is 26.0 Å². The molecule has 3 rings (SSSR count). The smallest absolute Gasteiger partial charge is 0.191 e. The first-order valence-electron chi connectivity index (χ1n) is 9.19. The van der Waals surface area contributed by atoms with Crippen molar-refractivity contribution in [3.63, 3.8) is 0 Å². The average molecular weight is 516 g/mol. The molecular weight excluding hydrogens is 487 g/mol. The normalized spacial score (nSPS) is 14.7. The van der Waals surface area contributed by atoms with Crippen molar-refractivity contribution in [3.8, 4) is 11.5 Å². The van der Waals surface area contributed by atoms with Crippen LogP contribution in [0.15, 0.2) is 23.2 Å². The number of aromatic nitrogens is 1. The van der Waals surface area contributed by atoms with Crippen LogP contribution in [0.2, 0.25) is 0 Å². The van der Waals surface area contributed by atoms with Gasteiger partial charge in [0.05, 0.1) is 23.8 Å². The van der Waals surface area contributed by atoms with E-state index in [1.165, 1.54) is 10.4 Å². The van der Waals surface area contributed by atoms with Gasteiger partial charge in [0, 0.05) is 23.9 Å². The van der Waals surface area contributed by atoms with Crippen molar-refractivity contribution < 1.29 is 9.47 Å². The molecule has 0 atom stereocenters. The van der Waals surface area contributed by atoms with Gasteiger partial charge in [-0.2, -0.15) is 0 Å². The third-order valence-electron chi connectivity index (χ3n) is 4.35. The molecule has 1 aromatic carbocycles. The summed E-state index contributed by atoms with van der Waals surface area (Å²) in [7, 11) is 1.76. The first-order chi connectivity index (χ1) is 12.9. The second-order valence-electron chi connectivity index (χ2n) is 7.23. The number of fused-ring (bicyclic) bond motifs is 1. The molecular formula is C20H29IN4O2S. The Hall–Kier alpha value is -1.55. The van der Waals surface area contributed by atoms with E-state index in [0.717, 1.165) is 34.6 Å². The molecule has 0 aliphatic carbocycles. The molecule has 1 aliphatic heterocycles. The molecule has 0 radical (unpaired) electrons. The molecule has 0 unspecified atom stereocenters. The summed E-state index contributed by atoms with van der Waals surface area (Å²) in [4.78, 5) is 9.94. The van der Waals surface area contributed by atoms with Gasteiger partial charge in [0.15, 0.2) is 17.5 Å². The van der Waals surface area contributed by atoms with Crippen LogP contribution < -0.4 is 20.1 Å². The summed E-state index contributed by atoms with van der Waals surface area (Å²) >= 11 is 1.71. The van der Waals surface area contributed by atoms with Crippen molar-refractivity contribution in [3.05, 3.63) is 39.3 Å². The molecule has 0 amide bonds. The Morgan fingerprint density at radius 3 is 2.79 bits per heavy atom. The molecule has 1 aliphatic rings. The van der Waals surface area contributed by atoms with Crippen LogP contribution in [-0.4, -0.2) is 36.7 Å². The van der Waals surface area contributed by atoms with Gasteiger partial charge in [0.1, 0.15) is 12.2 Å². The van der Waals surface area contributed by atoms with Crippen LogP contribution in [-0.2, 0) is 13.0 Å². The highest BCUT2D eigenvalue weighted by molar-refractivity contribution is 14.0. The number of benzene rings is 1. The number of guanidine groups is 1. The molecule has 0 spiro atoms. The van der Waals surface area contributed by atoms with Gasteiger partial charge in [-0.3, -0.25) is 4.99 Å². The number of para-hydroxylation sites is 1. The van der Waals surface area contributed by atoms with Crippen LogP contribution in [0.5, 0.6) is 11.5 Å². The number of nitrogens with one attached hydrogen (secondary N) is 2. The summed E-state index contributed by atoms with van der Waals surface area (Å²) in [5.41, 5.74) is 2.11. The van der Waals surface area contributed by atoms with E-state index in [-0.39, 0.29) is 29.6 Å². The zero-order valence-corrected chi connectivity index (χ0v) is 20.2. The van der Waals surface area contributed by atoms with E-state index < -0.39 is 0 Å². The van der Waals surface area contributed by atoms with Gasteiger partial charge < -0.3 is 20.1 Å². The second kappa shape index (κ2) is 9.78. The Kier molecular flexibility index (Phi) is 7.94. The van der Waals surface area contributed by atoms with E-state index in [0.29, 0.717) is 19.7 Å². The number of rotatable bonds is 6. The van der Waals surface area contributed by atoms with Gasteiger partial charge in [-0.25, -0.2) is 4.98 Å². The molecule has 0 bridgehead atoms. The Labute approximate surface area is 188 Å².